The SMILES string of the molecule is CC(C)n1ccnc(Nc2ccc(C(=O)O)c(Cl)c2)c1=O. The van der Waals surface area contributed by atoms with Crippen LogP contribution in [-0.2, 0) is 0 Å². The lowest BCUT2D eigenvalue weighted by Crippen LogP contribution is -2.24. The second-order valence-electron chi connectivity index (χ2n) is 4.71. The monoisotopic (exact) mass is 307 g/mol. The van der Waals surface area contributed by atoms with Gasteiger partial charge in [0.2, 0.25) is 0 Å². The van der Waals surface area contributed by atoms with Crippen molar-refractivity contribution in [1.82, 2.24) is 9.55 Å². The Bertz CT molecular complexity index is 740. The molecule has 1 aromatic heterocycles. The topological polar surface area (TPSA) is 84.2 Å². The summed E-state index contributed by atoms with van der Waals surface area (Å²) in [4.78, 5) is 27.1. The first kappa shape index (κ1) is 15.1. The molecule has 0 aliphatic carbocycles. The van der Waals surface area contributed by atoms with Crippen LogP contribution in [0.2, 0.25) is 5.02 Å². The normalized spacial score (nSPS) is 10.7. The molecule has 0 atom stereocenters. The van der Waals surface area contributed by atoms with E-state index in [1.54, 1.807) is 10.8 Å². The molecule has 0 spiro atoms. The van der Waals surface area contributed by atoms with Crippen molar-refractivity contribution in [3.05, 3.63) is 51.5 Å². The number of carbonyl (C=O) groups is 1. The van der Waals surface area contributed by atoms with Gasteiger partial charge in [-0.3, -0.25) is 4.79 Å². The second kappa shape index (κ2) is 5.97. The zero-order valence-electron chi connectivity index (χ0n) is 11.5. The fraction of sp³-hybridized carbons (Fsp3) is 0.214. The van der Waals surface area contributed by atoms with Gasteiger partial charge in [0.25, 0.3) is 5.56 Å². The van der Waals surface area contributed by atoms with Crippen molar-refractivity contribution in [1.29, 1.82) is 0 Å². The van der Waals surface area contributed by atoms with Crippen LogP contribution >= 0.6 is 11.6 Å². The summed E-state index contributed by atoms with van der Waals surface area (Å²) >= 11 is 5.89. The van der Waals surface area contributed by atoms with Gasteiger partial charge in [0.05, 0.1) is 10.6 Å². The molecule has 2 N–H and O–H groups in total. The fourth-order valence-corrected chi connectivity index (χ4v) is 2.08. The Balaban J connectivity index is 2.35. The summed E-state index contributed by atoms with van der Waals surface area (Å²) in [6.07, 6.45) is 3.13. The molecule has 2 aromatic rings. The largest absolute Gasteiger partial charge is 0.478 e. The van der Waals surface area contributed by atoms with E-state index in [4.69, 9.17) is 16.7 Å². The van der Waals surface area contributed by atoms with Gasteiger partial charge >= 0.3 is 5.97 Å². The Kier molecular flexibility index (Phi) is 4.28. The predicted octanol–water partition coefficient (Wildman–Crippen LogP) is 2.92. The number of aromatic carboxylic acids is 1. The molecule has 0 unspecified atom stereocenters. The van der Waals surface area contributed by atoms with E-state index in [2.05, 4.69) is 10.3 Å². The van der Waals surface area contributed by atoms with Crippen LogP contribution in [0.3, 0.4) is 0 Å². The number of halogens is 1. The number of anilines is 2. The quantitative estimate of drug-likeness (QED) is 0.907. The van der Waals surface area contributed by atoms with Crippen LogP contribution in [-0.4, -0.2) is 20.6 Å². The van der Waals surface area contributed by atoms with E-state index in [1.165, 1.54) is 24.4 Å². The Morgan fingerprint density at radius 3 is 2.71 bits per heavy atom. The van der Waals surface area contributed by atoms with Gasteiger partial charge in [-0.25, -0.2) is 9.78 Å². The smallest absolute Gasteiger partial charge is 0.337 e. The van der Waals surface area contributed by atoms with E-state index in [0.29, 0.717) is 5.69 Å². The summed E-state index contributed by atoms with van der Waals surface area (Å²) < 4.78 is 1.54. The Hall–Kier alpha value is -2.34. The summed E-state index contributed by atoms with van der Waals surface area (Å²) in [6.45, 7) is 3.79. The van der Waals surface area contributed by atoms with Gasteiger partial charge in [-0.1, -0.05) is 11.6 Å². The summed E-state index contributed by atoms with van der Waals surface area (Å²) in [5, 5.41) is 11.9. The molecule has 0 bridgehead atoms. The number of nitrogens with one attached hydrogen (secondary N) is 1. The standard InChI is InChI=1S/C14H14ClN3O3/c1-8(2)18-6-5-16-12(13(18)19)17-9-3-4-10(14(20)21)11(15)7-9/h3-8H,1-2H3,(H,16,17)(H,20,21). The predicted molar refractivity (Wildman–Crippen MR) is 80.6 cm³/mol. The van der Waals surface area contributed by atoms with Gasteiger partial charge in [0, 0.05) is 24.1 Å². The molecule has 1 aromatic carbocycles. The van der Waals surface area contributed by atoms with Crippen molar-refractivity contribution in [2.24, 2.45) is 0 Å². The third-order valence-corrected chi connectivity index (χ3v) is 3.20. The summed E-state index contributed by atoms with van der Waals surface area (Å²) in [5.41, 5.74) is 0.241. The lowest BCUT2D eigenvalue weighted by Gasteiger charge is -2.12. The van der Waals surface area contributed by atoms with Crippen LogP contribution in [0.4, 0.5) is 11.5 Å². The molecule has 6 nitrogen and oxygen atoms in total. The van der Waals surface area contributed by atoms with E-state index >= 15 is 0 Å². The zero-order chi connectivity index (χ0) is 15.6. The molecular formula is C14H14ClN3O3. The van der Waals surface area contributed by atoms with Crippen LogP contribution in [0.15, 0.2) is 35.4 Å². The molecule has 110 valence electrons. The maximum Gasteiger partial charge on any atom is 0.337 e. The molecular weight excluding hydrogens is 294 g/mol. The van der Waals surface area contributed by atoms with Crippen LogP contribution in [0.1, 0.15) is 30.2 Å². The van der Waals surface area contributed by atoms with Crippen molar-refractivity contribution in [2.45, 2.75) is 19.9 Å². The minimum atomic E-state index is -1.11. The molecule has 0 aliphatic heterocycles. The van der Waals surface area contributed by atoms with E-state index < -0.39 is 5.97 Å². The molecule has 0 radical (unpaired) electrons. The molecule has 1 heterocycles. The average Bonchev–Trinajstić information content (AvgIpc) is 2.40. The van der Waals surface area contributed by atoms with Crippen molar-refractivity contribution in [3.63, 3.8) is 0 Å². The summed E-state index contributed by atoms with van der Waals surface area (Å²) in [7, 11) is 0. The highest BCUT2D eigenvalue weighted by Crippen LogP contribution is 2.22. The van der Waals surface area contributed by atoms with Crippen molar-refractivity contribution in [2.75, 3.05) is 5.32 Å². The number of rotatable bonds is 4. The molecule has 0 saturated heterocycles. The van der Waals surface area contributed by atoms with Crippen molar-refractivity contribution < 1.29 is 9.90 Å². The van der Waals surface area contributed by atoms with Crippen LogP contribution < -0.4 is 10.9 Å². The van der Waals surface area contributed by atoms with E-state index in [0.717, 1.165) is 0 Å². The van der Waals surface area contributed by atoms with Gasteiger partial charge < -0.3 is 15.0 Å². The highest BCUT2D eigenvalue weighted by atomic mass is 35.5. The lowest BCUT2D eigenvalue weighted by atomic mass is 10.2. The first-order valence-electron chi connectivity index (χ1n) is 6.27. The number of nitrogens with zero attached hydrogens (tertiary/aromatic N) is 2. The number of benzene rings is 1. The average molecular weight is 308 g/mol. The zero-order valence-corrected chi connectivity index (χ0v) is 12.3. The van der Waals surface area contributed by atoms with Crippen molar-refractivity contribution in [3.8, 4) is 0 Å². The molecule has 21 heavy (non-hydrogen) atoms. The summed E-state index contributed by atoms with van der Waals surface area (Å²) in [6, 6.07) is 4.36. The lowest BCUT2D eigenvalue weighted by molar-refractivity contribution is 0.0697. The van der Waals surface area contributed by atoms with Gasteiger partial charge in [0.1, 0.15) is 0 Å². The highest BCUT2D eigenvalue weighted by Gasteiger charge is 2.11. The minimum absolute atomic E-state index is 0.00262. The molecule has 7 heteroatoms. The summed E-state index contributed by atoms with van der Waals surface area (Å²) in [5.74, 6) is -0.947. The maximum absolute atomic E-state index is 12.2. The van der Waals surface area contributed by atoms with Gasteiger partial charge in [0.15, 0.2) is 5.82 Å². The van der Waals surface area contributed by atoms with Crippen molar-refractivity contribution >= 4 is 29.1 Å². The van der Waals surface area contributed by atoms with Crippen LogP contribution in [0.5, 0.6) is 0 Å². The molecule has 0 fully saturated rings. The Morgan fingerprint density at radius 2 is 2.14 bits per heavy atom. The molecule has 0 aliphatic rings. The minimum Gasteiger partial charge on any atom is -0.478 e. The number of hydrogen-bond acceptors (Lipinski definition) is 4. The van der Waals surface area contributed by atoms with Crippen LogP contribution in [0, 0.1) is 0 Å². The Labute approximate surface area is 126 Å². The van der Waals surface area contributed by atoms with E-state index in [1.807, 2.05) is 13.8 Å². The highest BCUT2D eigenvalue weighted by molar-refractivity contribution is 6.33. The second-order valence-corrected chi connectivity index (χ2v) is 5.11. The van der Waals surface area contributed by atoms with Gasteiger partial charge in [-0.05, 0) is 32.0 Å². The third-order valence-electron chi connectivity index (χ3n) is 2.89. The molecule has 0 saturated carbocycles. The van der Waals surface area contributed by atoms with Gasteiger partial charge in [-0.15, -0.1) is 0 Å². The Morgan fingerprint density at radius 1 is 1.43 bits per heavy atom. The number of hydrogen-bond donors (Lipinski definition) is 2. The first-order valence-corrected chi connectivity index (χ1v) is 6.65. The first-order chi connectivity index (χ1) is 9.90. The van der Waals surface area contributed by atoms with E-state index in [-0.39, 0.29) is 28.0 Å². The van der Waals surface area contributed by atoms with E-state index in [9.17, 15) is 9.59 Å². The van der Waals surface area contributed by atoms with Crippen LogP contribution in [0.25, 0.3) is 0 Å². The number of aromatic nitrogens is 2. The maximum atomic E-state index is 12.2. The third kappa shape index (κ3) is 3.22. The molecule has 2 rings (SSSR count). The van der Waals surface area contributed by atoms with Gasteiger partial charge in [-0.2, -0.15) is 0 Å². The number of carboxylic acids is 1. The number of carboxylic acid groups (broad SMARTS) is 1. The molecule has 0 amide bonds. The fourth-order valence-electron chi connectivity index (χ4n) is 1.82.